The zero-order valence-electron chi connectivity index (χ0n) is 15.6. The summed E-state index contributed by atoms with van der Waals surface area (Å²) in [6, 6.07) is 1.23. The Balaban J connectivity index is 2.14. The van der Waals surface area contributed by atoms with Crippen LogP contribution in [0, 0.1) is 17.5 Å². The summed E-state index contributed by atoms with van der Waals surface area (Å²) >= 11 is 6.43. The first-order valence-corrected chi connectivity index (χ1v) is 9.33. The number of rotatable bonds is 3. The molecular formula is C19H14ClF3N4O4. The molecular weight excluding hydrogens is 441 g/mol. The van der Waals surface area contributed by atoms with E-state index in [-0.39, 0.29) is 29.3 Å². The van der Waals surface area contributed by atoms with E-state index in [9.17, 15) is 33.0 Å². The maximum absolute atomic E-state index is 14.9. The minimum atomic E-state index is -1.65. The summed E-state index contributed by atoms with van der Waals surface area (Å²) in [4.78, 5) is 29.3. The standard InChI is InChI=1S/C19H14ClF3N4O4/c20-13-14-8(3-10(21)15(13)26-2-1-7(28)5-26)16(29)9(19(30)31)6-27(14)18-12(23)4-11(22)17(24)25-18/h3-4,6-7,28H,1-2,5H2,(H2,24,25)(H,30,31)/t7-/m0/s1. The number of carboxylic acid groups (broad SMARTS) is 1. The van der Waals surface area contributed by atoms with Gasteiger partial charge in [0.25, 0.3) is 0 Å². The second-order valence-corrected chi connectivity index (χ2v) is 7.39. The van der Waals surface area contributed by atoms with Crippen molar-refractivity contribution in [2.24, 2.45) is 0 Å². The lowest BCUT2D eigenvalue weighted by Gasteiger charge is -2.23. The molecule has 4 rings (SSSR count). The van der Waals surface area contributed by atoms with Crippen LogP contribution in [-0.4, -0.2) is 44.9 Å². The van der Waals surface area contributed by atoms with Crippen LogP contribution in [0.4, 0.5) is 24.7 Å². The summed E-state index contributed by atoms with van der Waals surface area (Å²) in [5, 5.41) is 18.4. The van der Waals surface area contributed by atoms with Gasteiger partial charge in [-0.3, -0.25) is 9.36 Å². The predicted molar refractivity (Wildman–Crippen MR) is 106 cm³/mol. The van der Waals surface area contributed by atoms with Gasteiger partial charge in [0.05, 0.1) is 27.7 Å². The van der Waals surface area contributed by atoms with Crippen molar-refractivity contribution in [2.45, 2.75) is 12.5 Å². The maximum atomic E-state index is 14.9. The van der Waals surface area contributed by atoms with Crippen LogP contribution >= 0.6 is 11.6 Å². The highest BCUT2D eigenvalue weighted by molar-refractivity contribution is 6.38. The van der Waals surface area contributed by atoms with Crippen molar-refractivity contribution in [3.8, 4) is 5.82 Å². The maximum Gasteiger partial charge on any atom is 0.341 e. The van der Waals surface area contributed by atoms with Gasteiger partial charge >= 0.3 is 5.97 Å². The number of halogens is 4. The molecule has 0 bridgehead atoms. The quantitative estimate of drug-likeness (QED) is 0.555. The van der Waals surface area contributed by atoms with E-state index in [2.05, 4.69) is 4.98 Å². The van der Waals surface area contributed by atoms with E-state index >= 15 is 0 Å². The number of aliphatic hydroxyl groups excluding tert-OH is 1. The molecule has 0 saturated carbocycles. The van der Waals surface area contributed by atoms with Crippen molar-refractivity contribution in [2.75, 3.05) is 23.7 Å². The number of anilines is 2. The fraction of sp³-hybridized carbons (Fsp3) is 0.211. The number of pyridine rings is 2. The summed E-state index contributed by atoms with van der Waals surface area (Å²) in [7, 11) is 0. The molecule has 31 heavy (non-hydrogen) atoms. The molecule has 3 heterocycles. The number of nitrogen functional groups attached to an aromatic ring is 1. The van der Waals surface area contributed by atoms with Crippen LogP contribution in [0.5, 0.6) is 0 Å². The Morgan fingerprint density at radius 2 is 1.94 bits per heavy atom. The van der Waals surface area contributed by atoms with Gasteiger partial charge in [-0.2, -0.15) is 0 Å². The van der Waals surface area contributed by atoms with Crippen LogP contribution in [0.1, 0.15) is 16.8 Å². The number of fused-ring (bicyclic) bond motifs is 1. The summed E-state index contributed by atoms with van der Waals surface area (Å²) in [6.45, 7) is 0.326. The van der Waals surface area contributed by atoms with Gasteiger partial charge in [0.1, 0.15) is 11.4 Å². The lowest BCUT2D eigenvalue weighted by molar-refractivity contribution is 0.0695. The van der Waals surface area contributed by atoms with Gasteiger partial charge in [-0.25, -0.2) is 22.9 Å². The lowest BCUT2D eigenvalue weighted by atomic mass is 10.1. The minimum absolute atomic E-state index is 0.0652. The molecule has 8 nitrogen and oxygen atoms in total. The van der Waals surface area contributed by atoms with Crippen LogP contribution < -0.4 is 16.1 Å². The normalized spacial score (nSPS) is 16.3. The average Bonchev–Trinajstić information content (AvgIpc) is 3.11. The van der Waals surface area contributed by atoms with Gasteiger partial charge in [0, 0.05) is 25.4 Å². The summed E-state index contributed by atoms with van der Waals surface area (Å²) in [5.41, 5.74) is 3.17. The highest BCUT2D eigenvalue weighted by atomic mass is 35.5. The fourth-order valence-corrected chi connectivity index (χ4v) is 4.00. The van der Waals surface area contributed by atoms with Crippen molar-refractivity contribution >= 4 is 40.0 Å². The van der Waals surface area contributed by atoms with Crippen LogP contribution in [0.15, 0.2) is 23.1 Å². The molecule has 3 aromatic rings. The number of β-amino-alcohol motifs (C(OH)–C–C–N with tert-alkyl or cyclic N) is 1. The molecule has 1 saturated heterocycles. The molecule has 0 unspecified atom stereocenters. The molecule has 1 aromatic carbocycles. The number of aromatic nitrogens is 2. The van der Waals surface area contributed by atoms with Gasteiger partial charge in [-0.15, -0.1) is 0 Å². The first-order valence-electron chi connectivity index (χ1n) is 8.95. The van der Waals surface area contributed by atoms with Crippen LogP contribution in [0.25, 0.3) is 16.7 Å². The molecule has 1 aliphatic heterocycles. The minimum Gasteiger partial charge on any atom is -0.477 e. The third-order valence-corrected chi connectivity index (χ3v) is 5.39. The first-order chi connectivity index (χ1) is 14.6. The first kappa shape index (κ1) is 20.9. The number of aliphatic hydroxyl groups is 1. The van der Waals surface area contributed by atoms with E-state index in [1.807, 2.05) is 0 Å². The van der Waals surface area contributed by atoms with Crippen LogP contribution in [0.2, 0.25) is 5.02 Å². The van der Waals surface area contributed by atoms with Gasteiger partial charge in [0.2, 0.25) is 5.43 Å². The fourth-order valence-electron chi connectivity index (χ4n) is 3.60. The van der Waals surface area contributed by atoms with Crippen molar-refractivity contribution in [3.05, 3.63) is 56.6 Å². The van der Waals surface area contributed by atoms with E-state index in [0.717, 1.165) is 16.8 Å². The monoisotopic (exact) mass is 454 g/mol. The molecule has 0 radical (unpaired) electrons. The Kier molecular flexibility index (Phi) is 5.02. The largest absolute Gasteiger partial charge is 0.477 e. The Morgan fingerprint density at radius 3 is 2.55 bits per heavy atom. The summed E-state index contributed by atoms with van der Waals surface area (Å²) < 4.78 is 43.9. The molecule has 1 fully saturated rings. The molecule has 1 atom stereocenters. The number of benzene rings is 1. The number of hydrogen-bond donors (Lipinski definition) is 3. The third-order valence-electron chi connectivity index (χ3n) is 5.03. The van der Waals surface area contributed by atoms with Crippen molar-refractivity contribution < 1.29 is 28.2 Å². The molecule has 2 aromatic heterocycles. The van der Waals surface area contributed by atoms with Crippen molar-refractivity contribution in [3.63, 3.8) is 0 Å². The molecule has 0 aliphatic carbocycles. The summed E-state index contributed by atoms with van der Waals surface area (Å²) in [5.74, 6) is -6.25. The number of hydrogen-bond acceptors (Lipinski definition) is 6. The molecule has 4 N–H and O–H groups in total. The molecule has 0 spiro atoms. The third kappa shape index (κ3) is 3.35. The predicted octanol–water partition coefficient (Wildman–Crippen LogP) is 2.31. The topological polar surface area (TPSA) is 122 Å². The van der Waals surface area contributed by atoms with Crippen LogP contribution in [0.3, 0.4) is 0 Å². The Hall–Kier alpha value is -3.31. The highest BCUT2D eigenvalue weighted by Gasteiger charge is 2.29. The SMILES string of the molecule is Nc1nc(-n2cc(C(=O)O)c(=O)c3cc(F)c(N4CC[C@H](O)C4)c(Cl)c32)c(F)cc1F. The van der Waals surface area contributed by atoms with E-state index < -0.39 is 57.5 Å². The highest BCUT2D eigenvalue weighted by Crippen LogP contribution is 2.38. The zero-order chi connectivity index (χ0) is 22.6. The molecule has 0 amide bonds. The number of aromatic carboxylic acids is 1. The van der Waals surface area contributed by atoms with E-state index in [0.29, 0.717) is 12.5 Å². The van der Waals surface area contributed by atoms with Gasteiger partial charge in [-0.1, -0.05) is 11.6 Å². The van der Waals surface area contributed by atoms with E-state index in [4.69, 9.17) is 17.3 Å². The van der Waals surface area contributed by atoms with Crippen LogP contribution in [-0.2, 0) is 0 Å². The van der Waals surface area contributed by atoms with E-state index in [1.54, 1.807) is 0 Å². The number of carboxylic acids is 1. The van der Waals surface area contributed by atoms with E-state index in [1.165, 1.54) is 4.90 Å². The number of nitrogens with zero attached hydrogens (tertiary/aromatic N) is 3. The Morgan fingerprint density at radius 1 is 1.23 bits per heavy atom. The van der Waals surface area contributed by atoms with Crippen molar-refractivity contribution in [1.82, 2.24) is 9.55 Å². The average molecular weight is 455 g/mol. The molecule has 12 heteroatoms. The van der Waals surface area contributed by atoms with Gasteiger partial charge in [-0.05, 0) is 12.5 Å². The Labute approximate surface area is 176 Å². The smallest absolute Gasteiger partial charge is 0.341 e. The Bertz CT molecular complexity index is 1310. The number of carbonyl (C=O) groups is 1. The van der Waals surface area contributed by atoms with Gasteiger partial charge in [0.15, 0.2) is 23.3 Å². The second kappa shape index (κ2) is 7.43. The molecule has 162 valence electrons. The van der Waals surface area contributed by atoms with Crippen molar-refractivity contribution in [1.29, 1.82) is 0 Å². The zero-order valence-corrected chi connectivity index (χ0v) is 16.3. The summed E-state index contributed by atoms with van der Waals surface area (Å²) in [6.07, 6.45) is 0.393. The second-order valence-electron chi connectivity index (χ2n) is 7.01. The number of nitrogens with two attached hydrogens (primary N) is 1. The molecule has 1 aliphatic rings. The van der Waals surface area contributed by atoms with Gasteiger partial charge < -0.3 is 20.8 Å². The lowest BCUT2D eigenvalue weighted by Crippen LogP contribution is -2.24.